The minimum absolute atomic E-state index is 0.174. The van der Waals surface area contributed by atoms with Gasteiger partial charge >= 0.3 is 13.1 Å². The molecular weight excluding hydrogens is 333 g/mol. The summed E-state index contributed by atoms with van der Waals surface area (Å²) in [6, 6.07) is 7.52. The van der Waals surface area contributed by atoms with Crippen LogP contribution >= 0.6 is 0 Å². The molecule has 2 atom stereocenters. The first kappa shape index (κ1) is 20.9. The Bertz CT molecular complexity index is 628. The number of esters is 1. The summed E-state index contributed by atoms with van der Waals surface area (Å²) in [5.41, 5.74) is 5.58. The Morgan fingerprint density at radius 2 is 1.73 bits per heavy atom. The first-order chi connectivity index (χ1) is 11.9. The average molecular weight is 363 g/mol. The second-order valence-corrected chi connectivity index (χ2v) is 7.94. The van der Waals surface area contributed by atoms with Gasteiger partial charge in [-0.2, -0.15) is 0 Å². The fraction of sp³-hybridized carbons (Fsp3) is 0.632. The molecule has 6 nitrogen and oxygen atoms in total. The van der Waals surface area contributed by atoms with Crippen LogP contribution in [0.25, 0.3) is 0 Å². The van der Waals surface area contributed by atoms with Gasteiger partial charge in [0.15, 0.2) is 0 Å². The highest BCUT2D eigenvalue weighted by molar-refractivity contribution is 6.62. The monoisotopic (exact) mass is 363 g/mol. The second-order valence-electron chi connectivity index (χ2n) is 7.94. The van der Waals surface area contributed by atoms with Gasteiger partial charge in [-0.3, -0.25) is 0 Å². The maximum Gasteiger partial charge on any atom is 0.494 e. The van der Waals surface area contributed by atoms with Crippen molar-refractivity contribution in [2.75, 3.05) is 6.61 Å². The third kappa shape index (κ3) is 3.96. The zero-order valence-corrected chi connectivity index (χ0v) is 16.5. The quantitative estimate of drug-likeness (QED) is 0.583. The predicted octanol–water partition coefficient (Wildman–Crippen LogP) is 1.17. The van der Waals surface area contributed by atoms with Crippen LogP contribution in [0.15, 0.2) is 24.3 Å². The maximum absolute atomic E-state index is 12.2. The molecule has 1 aromatic carbocycles. The van der Waals surface area contributed by atoms with Crippen molar-refractivity contribution in [2.24, 2.45) is 5.73 Å². The Morgan fingerprint density at radius 3 is 2.15 bits per heavy atom. The number of benzene rings is 1. The molecule has 26 heavy (non-hydrogen) atoms. The summed E-state index contributed by atoms with van der Waals surface area (Å²) >= 11 is 0. The predicted molar refractivity (Wildman–Crippen MR) is 101 cm³/mol. The molecule has 0 amide bonds. The molecule has 7 heteroatoms. The lowest BCUT2D eigenvalue weighted by Crippen LogP contribution is -2.58. The Labute approximate surface area is 156 Å². The normalized spacial score (nSPS) is 21.9. The zero-order chi connectivity index (χ0) is 19.8. The molecule has 1 aliphatic heterocycles. The molecule has 0 radical (unpaired) electrons. The zero-order valence-electron chi connectivity index (χ0n) is 16.5. The number of rotatable bonds is 6. The standard InChI is InChI=1S/C19H30BNO5/c1-7-24-16(23)19(21,13(2)22)12-14-8-10-15(11-9-14)20-25-17(3,4)18(5,6)26-20/h8-11,13,22H,7,12,21H2,1-6H3. The number of aliphatic hydroxyl groups is 1. The summed E-state index contributed by atoms with van der Waals surface area (Å²) in [4.78, 5) is 12.2. The molecule has 0 aromatic heterocycles. The summed E-state index contributed by atoms with van der Waals surface area (Å²) in [5, 5.41) is 10.0. The fourth-order valence-corrected chi connectivity index (χ4v) is 2.77. The SMILES string of the molecule is CCOC(=O)C(N)(Cc1ccc(B2OC(C)(C)C(C)(C)O2)cc1)C(C)O. The molecule has 1 fully saturated rings. The van der Waals surface area contributed by atoms with Gasteiger partial charge in [-0.05, 0) is 52.6 Å². The van der Waals surface area contributed by atoms with Crippen molar-refractivity contribution in [1.29, 1.82) is 0 Å². The van der Waals surface area contributed by atoms with Crippen LogP contribution in [0.5, 0.6) is 0 Å². The van der Waals surface area contributed by atoms with Crippen molar-refractivity contribution in [3.8, 4) is 0 Å². The van der Waals surface area contributed by atoms with Crippen LogP contribution in [-0.2, 0) is 25.3 Å². The molecule has 144 valence electrons. The molecule has 0 spiro atoms. The van der Waals surface area contributed by atoms with E-state index in [0.717, 1.165) is 11.0 Å². The summed E-state index contributed by atoms with van der Waals surface area (Å²) in [6.45, 7) is 11.4. The molecule has 0 aliphatic carbocycles. The molecule has 1 saturated heterocycles. The topological polar surface area (TPSA) is 91.0 Å². The Kier molecular flexibility index (Phi) is 5.88. The smallest absolute Gasteiger partial charge is 0.465 e. The molecule has 2 unspecified atom stereocenters. The van der Waals surface area contributed by atoms with Gasteiger partial charge in [0.25, 0.3) is 0 Å². The van der Waals surface area contributed by atoms with Gasteiger partial charge in [-0.15, -0.1) is 0 Å². The van der Waals surface area contributed by atoms with Crippen LogP contribution in [0, 0.1) is 0 Å². The van der Waals surface area contributed by atoms with E-state index in [9.17, 15) is 9.90 Å². The minimum atomic E-state index is -1.48. The number of hydrogen-bond donors (Lipinski definition) is 2. The number of hydrogen-bond acceptors (Lipinski definition) is 6. The van der Waals surface area contributed by atoms with Crippen LogP contribution in [0.4, 0.5) is 0 Å². The molecule has 0 saturated carbocycles. The summed E-state index contributed by atoms with van der Waals surface area (Å²) in [7, 11) is -0.446. The van der Waals surface area contributed by atoms with Gasteiger partial charge in [-0.1, -0.05) is 24.3 Å². The number of carbonyl (C=O) groups excluding carboxylic acids is 1. The summed E-state index contributed by atoms with van der Waals surface area (Å²) in [5.74, 6) is -0.606. The summed E-state index contributed by atoms with van der Waals surface area (Å²) in [6.07, 6.45) is -0.864. The molecule has 1 heterocycles. The Hall–Kier alpha value is -1.41. The van der Waals surface area contributed by atoms with Crippen molar-refractivity contribution in [3.05, 3.63) is 29.8 Å². The number of carbonyl (C=O) groups is 1. The van der Waals surface area contributed by atoms with Crippen LogP contribution in [0.3, 0.4) is 0 Å². The minimum Gasteiger partial charge on any atom is -0.465 e. The highest BCUT2D eigenvalue weighted by Gasteiger charge is 2.51. The van der Waals surface area contributed by atoms with Crippen molar-refractivity contribution >= 4 is 18.6 Å². The van der Waals surface area contributed by atoms with E-state index in [4.69, 9.17) is 19.8 Å². The second kappa shape index (κ2) is 7.31. The van der Waals surface area contributed by atoms with Gasteiger partial charge < -0.3 is 24.9 Å². The van der Waals surface area contributed by atoms with Gasteiger partial charge in [-0.25, -0.2) is 4.79 Å². The van der Waals surface area contributed by atoms with E-state index in [2.05, 4.69) is 0 Å². The average Bonchev–Trinajstić information content (AvgIpc) is 2.76. The van der Waals surface area contributed by atoms with Gasteiger partial charge in [0, 0.05) is 6.42 Å². The highest BCUT2D eigenvalue weighted by atomic mass is 16.7. The Morgan fingerprint density at radius 1 is 1.23 bits per heavy atom. The third-order valence-corrected chi connectivity index (χ3v) is 5.40. The van der Waals surface area contributed by atoms with Gasteiger partial charge in [0.2, 0.25) is 0 Å². The largest absolute Gasteiger partial charge is 0.494 e. The Balaban J connectivity index is 2.16. The third-order valence-electron chi connectivity index (χ3n) is 5.40. The molecule has 2 rings (SSSR count). The molecule has 0 bridgehead atoms. The van der Waals surface area contributed by atoms with Crippen LogP contribution in [0.2, 0.25) is 0 Å². The number of ether oxygens (including phenoxy) is 1. The first-order valence-electron chi connectivity index (χ1n) is 9.01. The lowest BCUT2D eigenvalue weighted by atomic mass is 9.78. The molecule has 1 aromatic rings. The number of aliphatic hydroxyl groups excluding tert-OH is 1. The van der Waals surface area contributed by atoms with E-state index < -0.39 is 35.9 Å². The molecular formula is C19H30BNO5. The van der Waals surface area contributed by atoms with E-state index >= 15 is 0 Å². The van der Waals surface area contributed by atoms with Gasteiger partial charge in [0.05, 0.1) is 23.9 Å². The van der Waals surface area contributed by atoms with Crippen LogP contribution in [-0.4, -0.2) is 47.6 Å². The van der Waals surface area contributed by atoms with Crippen molar-refractivity contribution in [1.82, 2.24) is 0 Å². The van der Waals surface area contributed by atoms with E-state index in [1.54, 1.807) is 6.92 Å². The molecule has 3 N–H and O–H groups in total. The fourth-order valence-electron chi connectivity index (χ4n) is 2.77. The lowest BCUT2D eigenvalue weighted by molar-refractivity contribution is -0.153. The first-order valence-corrected chi connectivity index (χ1v) is 9.01. The van der Waals surface area contributed by atoms with E-state index in [1.165, 1.54) is 6.92 Å². The van der Waals surface area contributed by atoms with E-state index in [-0.39, 0.29) is 13.0 Å². The highest BCUT2D eigenvalue weighted by Crippen LogP contribution is 2.36. The van der Waals surface area contributed by atoms with Crippen molar-refractivity contribution in [3.63, 3.8) is 0 Å². The summed E-state index contributed by atoms with van der Waals surface area (Å²) < 4.78 is 17.1. The van der Waals surface area contributed by atoms with E-state index in [1.807, 2.05) is 52.0 Å². The number of nitrogens with two attached hydrogens (primary N) is 1. The maximum atomic E-state index is 12.2. The lowest BCUT2D eigenvalue weighted by Gasteiger charge is -2.32. The van der Waals surface area contributed by atoms with Crippen molar-refractivity contribution < 1.29 is 23.9 Å². The molecule has 1 aliphatic rings. The van der Waals surface area contributed by atoms with Gasteiger partial charge in [0.1, 0.15) is 5.54 Å². The van der Waals surface area contributed by atoms with Crippen LogP contribution in [0.1, 0.15) is 47.1 Å². The van der Waals surface area contributed by atoms with E-state index in [0.29, 0.717) is 0 Å². The van der Waals surface area contributed by atoms with Crippen LogP contribution < -0.4 is 11.2 Å². The van der Waals surface area contributed by atoms with Crippen molar-refractivity contribution in [2.45, 2.75) is 70.8 Å².